The molecule has 1 atom stereocenters. The molecule has 5 nitrogen and oxygen atoms in total. The van der Waals surface area contributed by atoms with Crippen molar-refractivity contribution in [2.75, 3.05) is 11.9 Å². The lowest BCUT2D eigenvalue weighted by atomic mass is 9.87. The summed E-state index contributed by atoms with van der Waals surface area (Å²) in [7, 11) is 0. The summed E-state index contributed by atoms with van der Waals surface area (Å²) in [5.74, 6) is 0.757. The Morgan fingerprint density at radius 2 is 2.04 bits per heavy atom. The maximum Gasteiger partial charge on any atom is 0.225 e. The van der Waals surface area contributed by atoms with Gasteiger partial charge in [0.15, 0.2) is 0 Å². The first kappa shape index (κ1) is 18.6. The minimum atomic E-state index is 0.0188. The van der Waals surface area contributed by atoms with Crippen molar-refractivity contribution in [3.8, 4) is 0 Å². The van der Waals surface area contributed by atoms with Crippen molar-refractivity contribution in [2.45, 2.75) is 64.5 Å². The van der Waals surface area contributed by atoms with Crippen LogP contribution >= 0.6 is 0 Å². The van der Waals surface area contributed by atoms with Crippen LogP contribution in [0.3, 0.4) is 0 Å². The maximum atomic E-state index is 12.2. The van der Waals surface area contributed by atoms with Crippen LogP contribution in [0, 0.1) is 0 Å². The molecule has 26 heavy (non-hydrogen) atoms. The highest BCUT2D eigenvalue weighted by atomic mass is 16.5. The molecule has 1 aliphatic rings. The quantitative estimate of drug-likeness (QED) is 0.848. The van der Waals surface area contributed by atoms with Crippen LogP contribution in [-0.4, -0.2) is 28.4 Å². The number of ether oxygens (including phenoxy) is 1. The van der Waals surface area contributed by atoms with Gasteiger partial charge in [-0.3, -0.25) is 4.79 Å². The highest BCUT2D eigenvalue weighted by molar-refractivity contribution is 5.89. The van der Waals surface area contributed by atoms with E-state index in [1.807, 2.05) is 10.7 Å². The zero-order chi connectivity index (χ0) is 18.6. The van der Waals surface area contributed by atoms with Crippen molar-refractivity contribution < 1.29 is 9.53 Å². The minimum Gasteiger partial charge on any atom is -0.378 e. The van der Waals surface area contributed by atoms with E-state index in [1.165, 1.54) is 5.56 Å². The molecule has 1 amide bonds. The predicted molar refractivity (Wildman–Crippen MR) is 103 cm³/mol. The maximum absolute atomic E-state index is 12.2. The number of carbonyl (C=O) groups excluding carboxylic acids is 1. The van der Waals surface area contributed by atoms with Crippen LogP contribution < -0.4 is 5.32 Å². The summed E-state index contributed by atoms with van der Waals surface area (Å²) >= 11 is 0. The average Bonchev–Trinajstić information content (AvgIpc) is 3.25. The molecule has 1 fully saturated rings. The molecule has 1 aliphatic heterocycles. The van der Waals surface area contributed by atoms with Crippen molar-refractivity contribution in [2.24, 2.45) is 0 Å². The summed E-state index contributed by atoms with van der Waals surface area (Å²) in [5.41, 5.74) is 2.62. The van der Waals surface area contributed by atoms with Gasteiger partial charge in [0.05, 0.1) is 18.8 Å². The molecule has 1 aromatic heterocycles. The first-order chi connectivity index (χ1) is 12.4. The van der Waals surface area contributed by atoms with E-state index < -0.39 is 0 Å². The van der Waals surface area contributed by atoms with Crippen LogP contribution in [-0.2, 0) is 21.5 Å². The molecule has 1 aromatic carbocycles. The number of nitrogens with one attached hydrogen (secondary N) is 1. The molecule has 1 saturated heterocycles. The summed E-state index contributed by atoms with van der Waals surface area (Å²) in [5, 5.41) is 7.33. The van der Waals surface area contributed by atoms with Crippen LogP contribution in [0.5, 0.6) is 0 Å². The van der Waals surface area contributed by atoms with E-state index in [9.17, 15) is 4.79 Å². The Labute approximate surface area is 155 Å². The third-order valence-corrected chi connectivity index (χ3v) is 4.85. The van der Waals surface area contributed by atoms with E-state index in [0.29, 0.717) is 13.0 Å². The average molecular weight is 355 g/mol. The van der Waals surface area contributed by atoms with Gasteiger partial charge in [0.25, 0.3) is 0 Å². The second kappa shape index (κ2) is 8.04. The van der Waals surface area contributed by atoms with Gasteiger partial charge in [0, 0.05) is 19.1 Å². The molecule has 2 aromatic rings. The zero-order valence-electron chi connectivity index (χ0n) is 16.0. The molecule has 140 valence electrons. The molecular weight excluding hydrogens is 326 g/mol. The molecule has 0 aliphatic carbocycles. The number of hydrogen-bond donors (Lipinski definition) is 1. The van der Waals surface area contributed by atoms with Gasteiger partial charge in [0.1, 0.15) is 5.82 Å². The summed E-state index contributed by atoms with van der Waals surface area (Å²) in [4.78, 5) is 12.2. The van der Waals surface area contributed by atoms with Crippen LogP contribution in [0.15, 0.2) is 36.5 Å². The third-order valence-electron chi connectivity index (χ3n) is 4.85. The fourth-order valence-electron chi connectivity index (χ4n) is 3.22. The van der Waals surface area contributed by atoms with Crippen LogP contribution in [0.1, 0.15) is 57.6 Å². The van der Waals surface area contributed by atoms with Crippen molar-refractivity contribution >= 4 is 11.7 Å². The standard InChI is InChI=1S/C21H29N3O2/c1-21(2,3)17-8-6-16(7-9-17)15-24-19(12-13-22-24)23-20(25)11-10-18-5-4-14-26-18/h6-9,12-13,18H,4-5,10-11,14-15H2,1-3H3,(H,23,25). The van der Waals surface area contributed by atoms with Gasteiger partial charge in [-0.1, -0.05) is 45.0 Å². The number of nitrogens with zero attached hydrogens (tertiary/aromatic N) is 2. The summed E-state index contributed by atoms with van der Waals surface area (Å²) in [6.45, 7) is 8.09. The molecule has 3 rings (SSSR count). The molecule has 1 unspecified atom stereocenters. The number of anilines is 1. The zero-order valence-corrected chi connectivity index (χ0v) is 16.0. The Morgan fingerprint density at radius 3 is 2.69 bits per heavy atom. The number of amides is 1. The lowest BCUT2D eigenvalue weighted by Crippen LogP contribution is -2.18. The summed E-state index contributed by atoms with van der Waals surface area (Å²) in [6, 6.07) is 10.4. The van der Waals surface area contributed by atoms with Crippen LogP contribution in [0.2, 0.25) is 0 Å². The largest absolute Gasteiger partial charge is 0.378 e. The van der Waals surface area contributed by atoms with Crippen LogP contribution in [0.25, 0.3) is 0 Å². The SMILES string of the molecule is CC(C)(C)c1ccc(Cn2nccc2NC(=O)CCC2CCCO2)cc1. The van der Waals surface area contributed by atoms with E-state index in [4.69, 9.17) is 4.74 Å². The van der Waals surface area contributed by atoms with Crippen LogP contribution in [0.4, 0.5) is 5.82 Å². The van der Waals surface area contributed by atoms with Gasteiger partial charge in [-0.25, -0.2) is 4.68 Å². The Hall–Kier alpha value is -2.14. The first-order valence-electron chi connectivity index (χ1n) is 9.44. The number of carbonyl (C=O) groups is 1. The number of benzene rings is 1. The second-order valence-electron chi connectivity index (χ2n) is 8.04. The minimum absolute atomic E-state index is 0.0188. The number of hydrogen-bond acceptors (Lipinski definition) is 3. The fraction of sp³-hybridized carbons (Fsp3) is 0.524. The fourth-order valence-corrected chi connectivity index (χ4v) is 3.22. The van der Waals surface area contributed by atoms with Gasteiger partial charge in [0.2, 0.25) is 5.91 Å². The number of aromatic nitrogens is 2. The van der Waals surface area contributed by atoms with Gasteiger partial charge >= 0.3 is 0 Å². The number of rotatable bonds is 6. The first-order valence-corrected chi connectivity index (χ1v) is 9.44. The molecule has 0 bridgehead atoms. The lowest BCUT2D eigenvalue weighted by Gasteiger charge is -2.19. The van der Waals surface area contributed by atoms with Crippen molar-refractivity contribution in [1.82, 2.24) is 9.78 Å². The van der Waals surface area contributed by atoms with Crippen molar-refractivity contribution in [1.29, 1.82) is 0 Å². The molecule has 0 spiro atoms. The predicted octanol–water partition coefficient (Wildman–Crippen LogP) is 4.13. The molecule has 0 saturated carbocycles. The molecule has 5 heteroatoms. The van der Waals surface area contributed by atoms with Gasteiger partial charge < -0.3 is 10.1 Å². The third kappa shape index (κ3) is 4.94. The Balaban J connectivity index is 1.56. The molecule has 1 N–H and O–H groups in total. The van der Waals surface area contributed by atoms with Gasteiger partial charge in [-0.15, -0.1) is 0 Å². The normalized spacial score (nSPS) is 17.4. The summed E-state index contributed by atoms with van der Waals surface area (Å²) < 4.78 is 7.41. The van der Waals surface area contributed by atoms with Gasteiger partial charge in [-0.05, 0) is 35.8 Å². The molecule has 2 heterocycles. The molecular formula is C21H29N3O2. The smallest absolute Gasteiger partial charge is 0.225 e. The van der Waals surface area contributed by atoms with Crippen molar-refractivity contribution in [3.05, 3.63) is 47.7 Å². The van der Waals surface area contributed by atoms with Gasteiger partial charge in [-0.2, -0.15) is 5.10 Å². The molecule has 0 radical (unpaired) electrons. The monoisotopic (exact) mass is 355 g/mol. The van der Waals surface area contributed by atoms with E-state index >= 15 is 0 Å². The lowest BCUT2D eigenvalue weighted by molar-refractivity contribution is -0.116. The Morgan fingerprint density at radius 1 is 1.27 bits per heavy atom. The highest BCUT2D eigenvalue weighted by Gasteiger charge is 2.17. The summed E-state index contributed by atoms with van der Waals surface area (Å²) in [6.07, 6.45) is 5.40. The second-order valence-corrected chi connectivity index (χ2v) is 8.04. The van der Waals surface area contributed by atoms with E-state index in [0.717, 1.165) is 37.3 Å². The van der Waals surface area contributed by atoms with Crippen molar-refractivity contribution in [3.63, 3.8) is 0 Å². The highest BCUT2D eigenvalue weighted by Crippen LogP contribution is 2.23. The van der Waals surface area contributed by atoms with E-state index in [2.05, 4.69) is 55.5 Å². The van der Waals surface area contributed by atoms with E-state index in [-0.39, 0.29) is 17.4 Å². The van der Waals surface area contributed by atoms with E-state index in [1.54, 1.807) is 6.20 Å². The Kier molecular flexibility index (Phi) is 5.77. The topological polar surface area (TPSA) is 56.2 Å². The Bertz CT molecular complexity index is 722.